The number of methoxy groups -OCH3 is 1. The van der Waals surface area contributed by atoms with E-state index in [4.69, 9.17) is 10.5 Å². The van der Waals surface area contributed by atoms with Crippen molar-refractivity contribution in [3.8, 4) is 5.75 Å². The Hall–Kier alpha value is -1.11. The van der Waals surface area contributed by atoms with Crippen LogP contribution in [-0.2, 0) is 16.4 Å². The molecule has 1 aromatic carbocycles. The normalized spacial score (nSPS) is 11.8. The van der Waals surface area contributed by atoms with Crippen LogP contribution in [0.15, 0.2) is 23.1 Å². The van der Waals surface area contributed by atoms with E-state index in [0.29, 0.717) is 35.7 Å². The Bertz CT molecular complexity index is 515. The minimum Gasteiger partial charge on any atom is -0.497 e. The molecule has 19 heavy (non-hydrogen) atoms. The average Bonchev–Trinajstić information content (AvgIpc) is 2.39. The fraction of sp³-hybridized carbons (Fsp3) is 0.538. The second kappa shape index (κ2) is 6.88. The smallest absolute Gasteiger partial charge is 0.243 e. The molecular formula is C13H22N2O3S. The van der Waals surface area contributed by atoms with Gasteiger partial charge in [0, 0.05) is 13.6 Å². The lowest BCUT2D eigenvalue weighted by Crippen LogP contribution is -2.28. The van der Waals surface area contributed by atoms with E-state index < -0.39 is 10.0 Å². The molecule has 0 radical (unpaired) electrons. The van der Waals surface area contributed by atoms with Gasteiger partial charge in [0.15, 0.2) is 0 Å². The van der Waals surface area contributed by atoms with Gasteiger partial charge in [0.05, 0.1) is 12.0 Å². The van der Waals surface area contributed by atoms with Crippen molar-refractivity contribution in [2.45, 2.75) is 24.7 Å². The van der Waals surface area contributed by atoms with Crippen molar-refractivity contribution in [2.24, 2.45) is 5.73 Å². The van der Waals surface area contributed by atoms with Gasteiger partial charge < -0.3 is 10.5 Å². The Morgan fingerprint density at radius 3 is 2.58 bits per heavy atom. The maximum absolute atomic E-state index is 12.5. The number of sulfonamides is 1. The molecule has 0 unspecified atom stereocenters. The number of ether oxygens (including phenoxy) is 1. The average molecular weight is 286 g/mol. The van der Waals surface area contributed by atoms with Gasteiger partial charge in [0.2, 0.25) is 10.0 Å². The Morgan fingerprint density at radius 2 is 2.05 bits per heavy atom. The SMILES string of the molecule is CCCN(C)S(=O)(=O)c1ccc(OC)cc1CCN. The first-order chi connectivity index (χ1) is 8.97. The molecule has 1 aromatic rings. The van der Waals surface area contributed by atoms with Gasteiger partial charge in [0.25, 0.3) is 0 Å². The summed E-state index contributed by atoms with van der Waals surface area (Å²) < 4.78 is 31.4. The van der Waals surface area contributed by atoms with Crippen molar-refractivity contribution in [1.82, 2.24) is 4.31 Å². The van der Waals surface area contributed by atoms with Crippen molar-refractivity contribution in [3.05, 3.63) is 23.8 Å². The standard InChI is InChI=1S/C13H22N2O3S/c1-4-9-15(2)19(16,17)13-6-5-12(18-3)10-11(13)7-8-14/h5-6,10H,4,7-9,14H2,1-3H3. The molecule has 5 nitrogen and oxygen atoms in total. The quantitative estimate of drug-likeness (QED) is 0.818. The van der Waals surface area contributed by atoms with Crippen molar-refractivity contribution in [2.75, 3.05) is 27.2 Å². The second-order valence-corrected chi connectivity index (χ2v) is 6.35. The zero-order valence-corrected chi connectivity index (χ0v) is 12.5. The van der Waals surface area contributed by atoms with Gasteiger partial charge >= 0.3 is 0 Å². The van der Waals surface area contributed by atoms with Crippen LogP contribution in [0.1, 0.15) is 18.9 Å². The Kier molecular flexibility index (Phi) is 5.78. The first-order valence-electron chi connectivity index (χ1n) is 6.30. The van der Waals surface area contributed by atoms with Crippen LogP contribution in [0, 0.1) is 0 Å². The molecule has 0 aliphatic heterocycles. The van der Waals surface area contributed by atoms with Crippen LogP contribution >= 0.6 is 0 Å². The zero-order chi connectivity index (χ0) is 14.5. The molecule has 1 rings (SSSR count). The lowest BCUT2D eigenvalue weighted by molar-refractivity contribution is 0.413. The summed E-state index contributed by atoms with van der Waals surface area (Å²) in [6.07, 6.45) is 1.28. The molecular weight excluding hydrogens is 264 g/mol. The largest absolute Gasteiger partial charge is 0.497 e. The molecule has 0 saturated carbocycles. The topological polar surface area (TPSA) is 72.6 Å². The van der Waals surface area contributed by atoms with Crippen molar-refractivity contribution in [1.29, 1.82) is 0 Å². The third-order valence-corrected chi connectivity index (χ3v) is 4.87. The first kappa shape index (κ1) is 15.9. The summed E-state index contributed by atoms with van der Waals surface area (Å²) in [5, 5.41) is 0. The summed E-state index contributed by atoms with van der Waals surface area (Å²) >= 11 is 0. The summed E-state index contributed by atoms with van der Waals surface area (Å²) in [5.74, 6) is 0.639. The number of nitrogens with zero attached hydrogens (tertiary/aromatic N) is 1. The monoisotopic (exact) mass is 286 g/mol. The number of hydrogen-bond donors (Lipinski definition) is 1. The molecule has 0 saturated heterocycles. The van der Waals surface area contributed by atoms with Gasteiger partial charge in [0.1, 0.15) is 5.75 Å². The third kappa shape index (κ3) is 3.68. The maximum atomic E-state index is 12.5. The maximum Gasteiger partial charge on any atom is 0.243 e. The molecule has 0 fully saturated rings. The van der Waals surface area contributed by atoms with Crippen molar-refractivity contribution < 1.29 is 13.2 Å². The third-order valence-electron chi connectivity index (χ3n) is 2.91. The molecule has 0 heterocycles. The van der Waals surface area contributed by atoms with E-state index in [1.54, 1.807) is 32.4 Å². The minimum absolute atomic E-state index is 0.315. The van der Waals surface area contributed by atoms with E-state index in [9.17, 15) is 8.42 Å². The highest BCUT2D eigenvalue weighted by molar-refractivity contribution is 7.89. The molecule has 2 N–H and O–H groups in total. The van der Waals surface area contributed by atoms with E-state index >= 15 is 0 Å². The lowest BCUT2D eigenvalue weighted by Gasteiger charge is -2.19. The molecule has 0 aliphatic carbocycles. The van der Waals surface area contributed by atoms with Crippen LogP contribution in [-0.4, -0.2) is 40.0 Å². The number of nitrogens with two attached hydrogens (primary N) is 1. The van der Waals surface area contributed by atoms with Gasteiger partial charge in [-0.15, -0.1) is 0 Å². The predicted molar refractivity (Wildman–Crippen MR) is 75.9 cm³/mol. The van der Waals surface area contributed by atoms with Crippen LogP contribution in [0.25, 0.3) is 0 Å². The van der Waals surface area contributed by atoms with Crippen LogP contribution < -0.4 is 10.5 Å². The Morgan fingerprint density at radius 1 is 1.37 bits per heavy atom. The molecule has 0 amide bonds. The lowest BCUT2D eigenvalue weighted by atomic mass is 10.1. The molecule has 0 bridgehead atoms. The van der Waals surface area contributed by atoms with Gasteiger partial charge in [-0.3, -0.25) is 0 Å². The number of rotatable bonds is 7. The Labute approximate surface area is 115 Å². The number of hydrogen-bond acceptors (Lipinski definition) is 4. The van der Waals surface area contributed by atoms with E-state index in [-0.39, 0.29) is 0 Å². The van der Waals surface area contributed by atoms with E-state index in [1.165, 1.54) is 4.31 Å². The summed E-state index contributed by atoms with van der Waals surface area (Å²) in [6, 6.07) is 4.98. The summed E-state index contributed by atoms with van der Waals surface area (Å²) in [7, 11) is -0.310. The highest BCUT2D eigenvalue weighted by Crippen LogP contribution is 2.24. The summed E-state index contributed by atoms with van der Waals surface area (Å²) in [5.41, 5.74) is 6.25. The van der Waals surface area contributed by atoms with Crippen LogP contribution in [0.3, 0.4) is 0 Å². The molecule has 0 aliphatic rings. The Balaban J connectivity index is 3.24. The van der Waals surface area contributed by atoms with Gasteiger partial charge in [-0.2, -0.15) is 0 Å². The van der Waals surface area contributed by atoms with E-state index in [2.05, 4.69) is 0 Å². The molecule has 0 aromatic heterocycles. The zero-order valence-electron chi connectivity index (χ0n) is 11.7. The molecule has 0 spiro atoms. The minimum atomic E-state index is -3.46. The molecule has 108 valence electrons. The molecule has 6 heteroatoms. The van der Waals surface area contributed by atoms with E-state index in [0.717, 1.165) is 6.42 Å². The summed E-state index contributed by atoms with van der Waals surface area (Å²) in [4.78, 5) is 0.315. The first-order valence-corrected chi connectivity index (χ1v) is 7.74. The van der Waals surface area contributed by atoms with Gasteiger partial charge in [-0.1, -0.05) is 6.92 Å². The highest BCUT2D eigenvalue weighted by Gasteiger charge is 2.23. The van der Waals surface area contributed by atoms with Crippen molar-refractivity contribution >= 4 is 10.0 Å². The van der Waals surface area contributed by atoms with Gasteiger partial charge in [-0.25, -0.2) is 12.7 Å². The van der Waals surface area contributed by atoms with Crippen LogP contribution in [0.2, 0.25) is 0 Å². The van der Waals surface area contributed by atoms with Crippen LogP contribution in [0.5, 0.6) is 5.75 Å². The summed E-state index contributed by atoms with van der Waals surface area (Å²) in [6.45, 7) is 2.84. The molecule has 0 atom stereocenters. The van der Waals surface area contributed by atoms with E-state index in [1.807, 2.05) is 6.92 Å². The fourth-order valence-electron chi connectivity index (χ4n) is 1.89. The van der Waals surface area contributed by atoms with Gasteiger partial charge in [-0.05, 0) is 43.1 Å². The van der Waals surface area contributed by atoms with Crippen molar-refractivity contribution in [3.63, 3.8) is 0 Å². The van der Waals surface area contributed by atoms with Crippen LogP contribution in [0.4, 0.5) is 0 Å². The predicted octanol–water partition coefficient (Wildman–Crippen LogP) is 1.23. The number of benzene rings is 1. The fourth-order valence-corrected chi connectivity index (χ4v) is 3.38. The second-order valence-electron chi connectivity index (χ2n) is 4.34. The highest BCUT2D eigenvalue weighted by atomic mass is 32.2.